The summed E-state index contributed by atoms with van der Waals surface area (Å²) in [6.07, 6.45) is 3.89. The monoisotopic (exact) mass is 322 g/mol. The van der Waals surface area contributed by atoms with Crippen LogP contribution in [-0.2, 0) is 15.6 Å². The molecule has 1 aromatic carbocycles. The SMILES string of the molecule is O=S(=O)(Cc1csc(NCC2CCC2)n1)c1ccccc1. The van der Waals surface area contributed by atoms with Gasteiger partial charge in [0.2, 0.25) is 0 Å². The van der Waals surface area contributed by atoms with Crippen molar-refractivity contribution in [2.45, 2.75) is 29.9 Å². The van der Waals surface area contributed by atoms with Crippen LogP contribution in [0.1, 0.15) is 25.0 Å². The van der Waals surface area contributed by atoms with Crippen LogP contribution in [0, 0.1) is 5.92 Å². The Bertz CT molecular complexity index is 691. The Hall–Kier alpha value is -1.40. The maximum Gasteiger partial charge on any atom is 0.184 e. The fraction of sp³-hybridized carbons (Fsp3) is 0.400. The first kappa shape index (κ1) is 14.5. The lowest BCUT2D eigenvalue weighted by Gasteiger charge is -2.25. The highest BCUT2D eigenvalue weighted by molar-refractivity contribution is 7.90. The van der Waals surface area contributed by atoms with Gasteiger partial charge < -0.3 is 5.32 Å². The summed E-state index contributed by atoms with van der Waals surface area (Å²) < 4.78 is 24.6. The predicted octanol–water partition coefficient (Wildman–Crippen LogP) is 3.33. The van der Waals surface area contributed by atoms with Crippen molar-refractivity contribution < 1.29 is 8.42 Å². The Labute approximate surface area is 129 Å². The number of nitrogens with one attached hydrogen (secondary N) is 1. The van der Waals surface area contributed by atoms with Crippen LogP contribution in [0.25, 0.3) is 0 Å². The van der Waals surface area contributed by atoms with Crippen molar-refractivity contribution in [1.82, 2.24) is 4.98 Å². The third kappa shape index (κ3) is 3.63. The lowest BCUT2D eigenvalue weighted by molar-refractivity contribution is 0.333. The molecule has 1 aliphatic rings. The zero-order valence-electron chi connectivity index (χ0n) is 11.7. The molecule has 0 saturated heterocycles. The maximum atomic E-state index is 12.3. The molecule has 6 heteroatoms. The van der Waals surface area contributed by atoms with E-state index in [4.69, 9.17) is 0 Å². The van der Waals surface area contributed by atoms with Gasteiger partial charge >= 0.3 is 0 Å². The van der Waals surface area contributed by atoms with Crippen molar-refractivity contribution in [3.8, 4) is 0 Å². The Kier molecular flexibility index (Phi) is 4.26. The molecule has 0 atom stereocenters. The van der Waals surface area contributed by atoms with Crippen LogP contribution >= 0.6 is 11.3 Å². The third-order valence-corrected chi connectivity index (χ3v) is 6.27. The van der Waals surface area contributed by atoms with E-state index in [1.165, 1.54) is 30.6 Å². The minimum Gasteiger partial charge on any atom is -0.361 e. The van der Waals surface area contributed by atoms with Gasteiger partial charge in [0, 0.05) is 11.9 Å². The molecule has 3 rings (SSSR count). The molecule has 0 radical (unpaired) electrons. The number of nitrogens with zero attached hydrogens (tertiary/aromatic N) is 1. The first-order valence-electron chi connectivity index (χ1n) is 7.09. The molecule has 1 aromatic heterocycles. The van der Waals surface area contributed by atoms with Crippen molar-refractivity contribution in [2.75, 3.05) is 11.9 Å². The summed E-state index contributed by atoms with van der Waals surface area (Å²) >= 11 is 1.48. The quantitative estimate of drug-likeness (QED) is 0.886. The average Bonchev–Trinajstić information content (AvgIpc) is 2.85. The largest absolute Gasteiger partial charge is 0.361 e. The number of rotatable bonds is 6. The van der Waals surface area contributed by atoms with E-state index in [9.17, 15) is 8.42 Å². The highest BCUT2D eigenvalue weighted by Gasteiger charge is 2.19. The second-order valence-electron chi connectivity index (χ2n) is 5.39. The highest BCUT2D eigenvalue weighted by atomic mass is 32.2. The van der Waals surface area contributed by atoms with Gasteiger partial charge in [0.05, 0.1) is 16.3 Å². The molecule has 0 bridgehead atoms. The highest BCUT2D eigenvalue weighted by Crippen LogP contribution is 2.27. The van der Waals surface area contributed by atoms with Crippen molar-refractivity contribution in [1.29, 1.82) is 0 Å². The minimum atomic E-state index is -3.31. The number of hydrogen-bond donors (Lipinski definition) is 1. The summed E-state index contributed by atoms with van der Waals surface area (Å²) in [5.74, 6) is 0.712. The molecule has 0 amide bonds. The number of benzene rings is 1. The number of thiazole rings is 1. The van der Waals surface area contributed by atoms with Crippen LogP contribution in [-0.4, -0.2) is 19.9 Å². The molecule has 112 valence electrons. The van der Waals surface area contributed by atoms with Gasteiger partial charge in [0.15, 0.2) is 15.0 Å². The number of anilines is 1. The summed E-state index contributed by atoms with van der Waals surface area (Å²) in [7, 11) is -3.31. The molecule has 0 aliphatic heterocycles. The second-order valence-corrected chi connectivity index (χ2v) is 8.24. The van der Waals surface area contributed by atoms with Gasteiger partial charge in [-0.05, 0) is 30.9 Å². The van der Waals surface area contributed by atoms with Gasteiger partial charge in [-0.3, -0.25) is 0 Å². The van der Waals surface area contributed by atoms with Crippen molar-refractivity contribution in [2.24, 2.45) is 5.92 Å². The fourth-order valence-electron chi connectivity index (χ4n) is 2.29. The number of hydrogen-bond acceptors (Lipinski definition) is 5. The molecule has 1 saturated carbocycles. The van der Waals surface area contributed by atoms with Gasteiger partial charge in [0.25, 0.3) is 0 Å². The van der Waals surface area contributed by atoms with Crippen molar-refractivity contribution >= 4 is 26.3 Å². The van der Waals surface area contributed by atoms with E-state index in [-0.39, 0.29) is 5.75 Å². The average molecular weight is 322 g/mol. The van der Waals surface area contributed by atoms with Gasteiger partial charge in [0.1, 0.15) is 0 Å². The molecule has 1 heterocycles. The molecule has 1 aliphatic carbocycles. The van der Waals surface area contributed by atoms with Crippen LogP contribution in [0.2, 0.25) is 0 Å². The number of aromatic nitrogens is 1. The molecule has 0 spiro atoms. The Morgan fingerprint density at radius 2 is 2.00 bits per heavy atom. The van der Waals surface area contributed by atoms with Crippen LogP contribution in [0.3, 0.4) is 0 Å². The molecule has 0 unspecified atom stereocenters. The normalized spacial score (nSPS) is 15.6. The van der Waals surface area contributed by atoms with E-state index < -0.39 is 9.84 Å². The van der Waals surface area contributed by atoms with Crippen molar-refractivity contribution in [3.05, 3.63) is 41.4 Å². The van der Waals surface area contributed by atoms with Crippen molar-refractivity contribution in [3.63, 3.8) is 0 Å². The molecule has 2 aromatic rings. The summed E-state index contributed by atoms with van der Waals surface area (Å²) in [5.41, 5.74) is 0.611. The molecular weight excluding hydrogens is 304 g/mol. The maximum absolute atomic E-state index is 12.3. The van der Waals surface area contributed by atoms with E-state index in [1.54, 1.807) is 24.3 Å². The molecule has 1 fully saturated rings. The summed E-state index contributed by atoms with van der Waals surface area (Å²) in [6.45, 7) is 0.943. The lowest BCUT2D eigenvalue weighted by atomic mass is 9.86. The Morgan fingerprint density at radius 1 is 1.24 bits per heavy atom. The minimum absolute atomic E-state index is 0.0430. The van der Waals surface area contributed by atoms with Gasteiger partial charge in [-0.15, -0.1) is 11.3 Å². The lowest BCUT2D eigenvalue weighted by Crippen LogP contribution is -2.20. The van der Waals surface area contributed by atoms with Crippen LogP contribution in [0.15, 0.2) is 40.6 Å². The topological polar surface area (TPSA) is 59.1 Å². The standard InChI is InChI=1S/C15H18N2O2S2/c18-21(19,14-7-2-1-3-8-14)11-13-10-20-15(17-13)16-9-12-5-4-6-12/h1-3,7-8,10,12H,4-6,9,11H2,(H,16,17). The number of sulfone groups is 1. The first-order valence-corrected chi connectivity index (χ1v) is 9.63. The molecular formula is C15H18N2O2S2. The zero-order chi connectivity index (χ0) is 14.7. The van der Waals surface area contributed by atoms with Crippen LogP contribution in [0.4, 0.5) is 5.13 Å². The zero-order valence-corrected chi connectivity index (χ0v) is 13.3. The Morgan fingerprint density at radius 3 is 2.67 bits per heavy atom. The summed E-state index contributed by atoms with van der Waals surface area (Å²) in [6, 6.07) is 8.53. The second kappa shape index (κ2) is 6.15. The summed E-state index contributed by atoms with van der Waals surface area (Å²) in [5, 5.41) is 5.95. The van der Waals surface area contributed by atoms with Gasteiger partial charge in [-0.25, -0.2) is 13.4 Å². The first-order chi connectivity index (χ1) is 10.1. The van der Waals surface area contributed by atoms with E-state index >= 15 is 0 Å². The van der Waals surface area contributed by atoms with Gasteiger partial charge in [-0.1, -0.05) is 24.6 Å². The Balaban J connectivity index is 1.63. The van der Waals surface area contributed by atoms with Gasteiger partial charge in [-0.2, -0.15) is 0 Å². The molecule has 1 N–H and O–H groups in total. The van der Waals surface area contributed by atoms with E-state index in [1.807, 2.05) is 11.4 Å². The smallest absolute Gasteiger partial charge is 0.184 e. The molecule has 4 nitrogen and oxygen atoms in total. The third-order valence-electron chi connectivity index (χ3n) is 3.76. The van der Waals surface area contributed by atoms with E-state index in [2.05, 4.69) is 10.3 Å². The predicted molar refractivity (Wildman–Crippen MR) is 85.3 cm³/mol. The molecule has 21 heavy (non-hydrogen) atoms. The van der Waals surface area contributed by atoms with Crippen LogP contribution in [0.5, 0.6) is 0 Å². The van der Waals surface area contributed by atoms with E-state index in [0.29, 0.717) is 10.6 Å². The van der Waals surface area contributed by atoms with Crippen LogP contribution < -0.4 is 5.32 Å². The van der Waals surface area contributed by atoms with E-state index in [0.717, 1.165) is 17.6 Å². The fourth-order valence-corrected chi connectivity index (χ4v) is 4.39. The summed E-state index contributed by atoms with van der Waals surface area (Å²) in [4.78, 5) is 4.73.